The second kappa shape index (κ2) is 4.62. The summed E-state index contributed by atoms with van der Waals surface area (Å²) in [5.41, 5.74) is 0.359. The summed E-state index contributed by atoms with van der Waals surface area (Å²) >= 11 is 0. The minimum absolute atomic E-state index is 0.359. The van der Waals surface area contributed by atoms with E-state index in [1.54, 1.807) is 0 Å². The molecule has 0 spiro atoms. The number of carbonyl (C=O) groups excluding carboxylic acids is 4. The lowest BCUT2D eigenvalue weighted by atomic mass is 10.0. The van der Waals surface area contributed by atoms with E-state index in [4.69, 9.17) is 4.42 Å². The van der Waals surface area contributed by atoms with E-state index in [9.17, 15) is 19.2 Å². The van der Waals surface area contributed by atoms with Gasteiger partial charge in [-0.1, -0.05) is 0 Å². The van der Waals surface area contributed by atoms with Gasteiger partial charge in [-0.25, -0.2) is 4.79 Å². The van der Waals surface area contributed by atoms with Crippen LogP contribution in [0.4, 0.5) is 0 Å². The third-order valence-corrected chi connectivity index (χ3v) is 2.15. The van der Waals surface area contributed by atoms with Gasteiger partial charge in [-0.3, -0.25) is 14.4 Å². The summed E-state index contributed by atoms with van der Waals surface area (Å²) < 4.78 is 9.01. The number of rotatable bonds is 0. The van der Waals surface area contributed by atoms with Crippen LogP contribution in [0.15, 0.2) is 35.2 Å². The zero-order valence-corrected chi connectivity index (χ0v) is 8.91. The molecule has 1 aromatic rings. The molecule has 0 fully saturated rings. The summed E-state index contributed by atoms with van der Waals surface area (Å²) in [6.07, 6.45) is 6.27. The highest BCUT2D eigenvalue weighted by Crippen LogP contribution is 2.17. The first kappa shape index (κ1) is 11.7. The van der Waals surface area contributed by atoms with Gasteiger partial charge in [0.2, 0.25) is 11.6 Å². The molecule has 1 aromatic heterocycles. The topological polar surface area (TPSA) is 90.7 Å². The molecule has 0 saturated carbocycles. The van der Waals surface area contributed by atoms with Gasteiger partial charge in [-0.15, -0.1) is 0 Å². The number of esters is 1. The average molecular weight is 246 g/mol. The van der Waals surface area contributed by atoms with Crippen LogP contribution < -0.4 is 0 Å². The second-order valence-corrected chi connectivity index (χ2v) is 3.30. The van der Waals surface area contributed by atoms with Crippen LogP contribution in [0.25, 0.3) is 6.08 Å². The van der Waals surface area contributed by atoms with Crippen molar-refractivity contribution < 1.29 is 28.3 Å². The Labute approximate surface area is 101 Å². The van der Waals surface area contributed by atoms with E-state index in [2.05, 4.69) is 4.74 Å². The highest BCUT2D eigenvalue weighted by atomic mass is 16.5. The van der Waals surface area contributed by atoms with Gasteiger partial charge in [0.15, 0.2) is 0 Å². The number of Topliss-reactive ketones (excluding diaryl/α,β-unsaturated/α-hetero) is 1. The molecule has 0 atom stereocenters. The number of carbonyl (C=O) groups is 4. The number of hydrogen-bond donors (Lipinski definition) is 0. The van der Waals surface area contributed by atoms with E-state index in [1.807, 2.05) is 0 Å². The van der Waals surface area contributed by atoms with E-state index in [1.165, 1.54) is 24.5 Å². The summed E-state index contributed by atoms with van der Waals surface area (Å²) in [5.74, 6) is -1.88. The third-order valence-electron chi connectivity index (χ3n) is 2.15. The van der Waals surface area contributed by atoms with Crippen molar-refractivity contribution in [3.63, 3.8) is 0 Å². The van der Waals surface area contributed by atoms with Crippen molar-refractivity contribution in [2.45, 2.75) is 0 Å². The minimum Gasteiger partial charge on any atom is -0.464 e. The summed E-state index contributed by atoms with van der Waals surface area (Å²) in [7, 11) is 0. The van der Waals surface area contributed by atoms with Crippen LogP contribution in [0.5, 0.6) is 0 Å². The highest BCUT2D eigenvalue weighted by molar-refractivity contribution is 6.49. The van der Waals surface area contributed by atoms with Crippen molar-refractivity contribution in [3.8, 4) is 0 Å². The quantitative estimate of drug-likeness (QED) is 0.494. The molecule has 2 heterocycles. The molecule has 3 rings (SSSR count). The van der Waals surface area contributed by atoms with Crippen molar-refractivity contribution in [2.75, 3.05) is 0 Å². The molecule has 0 unspecified atom stereocenters. The molecule has 6 nitrogen and oxygen atoms in total. The summed E-state index contributed by atoms with van der Waals surface area (Å²) in [6, 6.07) is 1.50. The van der Waals surface area contributed by atoms with Crippen molar-refractivity contribution in [3.05, 3.63) is 42.1 Å². The van der Waals surface area contributed by atoms with Crippen molar-refractivity contribution in [1.82, 2.24) is 0 Å². The number of furan rings is 1. The van der Waals surface area contributed by atoms with E-state index >= 15 is 0 Å². The molecule has 18 heavy (non-hydrogen) atoms. The van der Waals surface area contributed by atoms with Gasteiger partial charge in [-0.2, -0.15) is 0 Å². The molecule has 0 bridgehead atoms. The molecule has 1 aliphatic heterocycles. The highest BCUT2D eigenvalue weighted by Gasteiger charge is 2.22. The number of ether oxygens (including phenoxy) is 1. The van der Waals surface area contributed by atoms with Gasteiger partial charge in [0, 0.05) is 6.08 Å². The fourth-order valence-corrected chi connectivity index (χ4v) is 1.28. The molecule has 6 heteroatoms. The van der Waals surface area contributed by atoms with Crippen molar-refractivity contribution >= 4 is 29.4 Å². The lowest BCUT2D eigenvalue weighted by Gasteiger charge is -1.98. The Bertz CT molecular complexity index is 602. The third kappa shape index (κ3) is 2.17. The van der Waals surface area contributed by atoms with Crippen LogP contribution in [0.1, 0.15) is 16.1 Å². The fourth-order valence-electron chi connectivity index (χ4n) is 1.28. The van der Waals surface area contributed by atoms with Crippen LogP contribution in [-0.4, -0.2) is 23.3 Å². The van der Waals surface area contributed by atoms with E-state index in [0.717, 1.165) is 12.3 Å². The van der Waals surface area contributed by atoms with Crippen molar-refractivity contribution in [2.24, 2.45) is 0 Å². The Kier molecular flexibility index (Phi) is 3.01. The molecular formula is C12H6O6. The number of fused-ring (bicyclic) bond motifs is 1. The van der Waals surface area contributed by atoms with E-state index < -0.39 is 23.3 Å². The van der Waals surface area contributed by atoms with E-state index in [0.29, 0.717) is 11.3 Å². The van der Waals surface area contributed by atoms with Gasteiger partial charge in [0.25, 0.3) is 5.78 Å². The lowest BCUT2D eigenvalue weighted by molar-refractivity contribution is -0.145. The van der Waals surface area contributed by atoms with Gasteiger partial charge in [0.1, 0.15) is 5.76 Å². The van der Waals surface area contributed by atoms with Gasteiger partial charge < -0.3 is 9.15 Å². The molecule has 0 N–H and O–H groups in total. The Balaban J connectivity index is 0.000000149. The molecule has 0 aromatic carbocycles. The van der Waals surface area contributed by atoms with E-state index in [-0.39, 0.29) is 0 Å². The Hall–Kier alpha value is -2.76. The summed E-state index contributed by atoms with van der Waals surface area (Å²) in [5, 5.41) is 0. The minimum atomic E-state index is -0.792. The summed E-state index contributed by atoms with van der Waals surface area (Å²) in [6.45, 7) is 0. The predicted molar refractivity (Wildman–Crippen MR) is 57.3 cm³/mol. The Morgan fingerprint density at radius 2 is 1.67 bits per heavy atom. The number of cyclic esters (lactones) is 1. The maximum absolute atomic E-state index is 11.0. The molecular weight excluding hydrogens is 240 g/mol. The predicted octanol–water partition coefficient (Wildman–Crippen LogP) is 0.684. The zero-order valence-electron chi connectivity index (χ0n) is 8.91. The normalized spacial score (nSPS) is 16.2. The molecule has 2 aliphatic rings. The first-order valence-electron chi connectivity index (χ1n) is 4.85. The molecule has 0 saturated heterocycles. The molecule has 0 amide bonds. The van der Waals surface area contributed by atoms with Gasteiger partial charge >= 0.3 is 5.97 Å². The number of allylic oxidation sites excluding steroid dienone is 1. The second-order valence-electron chi connectivity index (χ2n) is 3.30. The first-order valence-corrected chi connectivity index (χ1v) is 4.85. The maximum Gasteiger partial charge on any atom is 0.383 e. The molecule has 90 valence electrons. The van der Waals surface area contributed by atoms with Gasteiger partial charge in [-0.05, 0) is 18.2 Å². The fraction of sp³-hybridized carbons (Fsp3) is 0. The Morgan fingerprint density at radius 3 is 2.22 bits per heavy atom. The van der Waals surface area contributed by atoms with Crippen molar-refractivity contribution in [1.29, 1.82) is 0 Å². The molecule has 1 aliphatic carbocycles. The van der Waals surface area contributed by atoms with Crippen LogP contribution in [-0.2, 0) is 19.1 Å². The van der Waals surface area contributed by atoms with Crippen LogP contribution in [0.2, 0.25) is 0 Å². The van der Waals surface area contributed by atoms with Crippen LogP contribution >= 0.6 is 0 Å². The largest absolute Gasteiger partial charge is 0.464 e. The Morgan fingerprint density at radius 1 is 0.889 bits per heavy atom. The SMILES string of the molecule is O=C1C=COC1=O.O=C1C=Cc2occc2C1=O. The lowest BCUT2D eigenvalue weighted by Crippen LogP contribution is -2.14. The number of hydrogen-bond acceptors (Lipinski definition) is 6. The average Bonchev–Trinajstić information content (AvgIpc) is 2.96. The monoisotopic (exact) mass is 246 g/mol. The van der Waals surface area contributed by atoms with Gasteiger partial charge in [0.05, 0.1) is 18.1 Å². The summed E-state index contributed by atoms with van der Waals surface area (Å²) in [4.78, 5) is 41.7. The smallest absolute Gasteiger partial charge is 0.383 e. The standard InChI is InChI=1S/C8H4O3.C4H2O3/c9-6-1-2-7-5(8(6)10)3-4-11-7;5-3-1-2-7-4(3)6/h1-4H;1-2H. The van der Waals surface area contributed by atoms with Crippen LogP contribution in [0, 0.1) is 0 Å². The molecule has 0 radical (unpaired) electrons. The van der Waals surface area contributed by atoms with Crippen LogP contribution in [0.3, 0.4) is 0 Å². The first-order chi connectivity index (χ1) is 8.59. The number of ketones is 3. The maximum atomic E-state index is 11.0. The zero-order chi connectivity index (χ0) is 13.1.